The third-order valence-corrected chi connectivity index (χ3v) is 5.02. The van der Waals surface area contributed by atoms with E-state index in [9.17, 15) is 9.59 Å². The minimum Gasteiger partial charge on any atom is -0.357 e. The molecule has 0 unspecified atom stereocenters. The molecular weight excluding hydrogens is 370 g/mol. The Balaban J connectivity index is 1.51. The molecule has 0 aromatic carbocycles. The number of rotatable bonds is 5. The standard InChI is InChI=1S/C20H23N7O2/c1-2-16-15(13-22-27(16)18-8-9-19(28)25-24-18)20(29)23-14-6-7-17(21-12-14)26-10-4-3-5-11-26/h6-9,12-13H,2-5,10-11H2,1H3,(H,23,29)(H,25,28). The van der Waals surface area contributed by atoms with E-state index >= 15 is 0 Å². The summed E-state index contributed by atoms with van der Waals surface area (Å²) in [7, 11) is 0. The van der Waals surface area contributed by atoms with Crippen LogP contribution in [0.2, 0.25) is 0 Å². The van der Waals surface area contributed by atoms with E-state index in [1.165, 1.54) is 31.5 Å². The average molecular weight is 393 g/mol. The van der Waals surface area contributed by atoms with Gasteiger partial charge in [0, 0.05) is 19.2 Å². The number of carbonyl (C=O) groups is 1. The number of piperidine rings is 1. The molecule has 0 bridgehead atoms. The van der Waals surface area contributed by atoms with Crippen molar-refractivity contribution in [3.63, 3.8) is 0 Å². The number of aromatic nitrogens is 5. The molecule has 0 spiro atoms. The van der Waals surface area contributed by atoms with Crippen LogP contribution >= 0.6 is 0 Å². The highest BCUT2D eigenvalue weighted by atomic mass is 16.1. The Morgan fingerprint density at radius 2 is 1.90 bits per heavy atom. The van der Waals surface area contributed by atoms with Crippen LogP contribution in [0.3, 0.4) is 0 Å². The predicted molar refractivity (Wildman–Crippen MR) is 110 cm³/mol. The lowest BCUT2D eigenvalue weighted by atomic mass is 10.1. The molecule has 150 valence electrons. The molecule has 0 radical (unpaired) electrons. The van der Waals surface area contributed by atoms with Gasteiger partial charge in [-0.05, 0) is 43.9 Å². The second-order valence-electron chi connectivity index (χ2n) is 6.96. The van der Waals surface area contributed by atoms with Gasteiger partial charge < -0.3 is 10.2 Å². The van der Waals surface area contributed by atoms with Gasteiger partial charge in [-0.3, -0.25) is 9.59 Å². The summed E-state index contributed by atoms with van der Waals surface area (Å²) in [5.74, 6) is 1.13. The van der Waals surface area contributed by atoms with Gasteiger partial charge in [-0.1, -0.05) is 6.92 Å². The number of amides is 1. The molecule has 9 heteroatoms. The number of hydrogen-bond donors (Lipinski definition) is 2. The van der Waals surface area contributed by atoms with Gasteiger partial charge in [-0.2, -0.15) is 10.2 Å². The van der Waals surface area contributed by atoms with Crippen LogP contribution in [0.5, 0.6) is 0 Å². The SMILES string of the molecule is CCc1c(C(=O)Nc2ccc(N3CCCCC3)nc2)cnn1-c1ccc(=O)[nH]n1. The first-order chi connectivity index (χ1) is 14.2. The van der Waals surface area contributed by atoms with Gasteiger partial charge in [-0.15, -0.1) is 0 Å². The van der Waals surface area contributed by atoms with Gasteiger partial charge in [0.25, 0.3) is 11.5 Å². The molecule has 1 amide bonds. The highest BCUT2D eigenvalue weighted by Crippen LogP contribution is 2.20. The Kier molecular flexibility index (Phi) is 5.37. The molecule has 0 atom stereocenters. The first kappa shape index (κ1) is 18.9. The summed E-state index contributed by atoms with van der Waals surface area (Å²) in [5, 5.41) is 13.5. The van der Waals surface area contributed by atoms with Gasteiger partial charge in [-0.25, -0.2) is 14.8 Å². The molecule has 4 rings (SSSR count). The molecule has 0 saturated carbocycles. The molecule has 1 aliphatic rings. The monoisotopic (exact) mass is 393 g/mol. The highest BCUT2D eigenvalue weighted by molar-refractivity contribution is 6.05. The second-order valence-corrected chi connectivity index (χ2v) is 6.96. The molecule has 0 aliphatic carbocycles. The smallest absolute Gasteiger partial charge is 0.264 e. The van der Waals surface area contributed by atoms with E-state index in [1.807, 2.05) is 19.1 Å². The first-order valence-corrected chi connectivity index (χ1v) is 9.81. The van der Waals surface area contributed by atoms with Crippen molar-refractivity contribution in [2.45, 2.75) is 32.6 Å². The molecule has 29 heavy (non-hydrogen) atoms. The number of pyridine rings is 1. The van der Waals surface area contributed by atoms with Crippen molar-refractivity contribution in [1.82, 2.24) is 25.0 Å². The molecule has 2 N–H and O–H groups in total. The second kappa shape index (κ2) is 8.26. The highest BCUT2D eigenvalue weighted by Gasteiger charge is 2.18. The maximum atomic E-state index is 12.8. The van der Waals surface area contributed by atoms with Crippen molar-refractivity contribution < 1.29 is 4.79 Å². The number of carbonyl (C=O) groups excluding carboxylic acids is 1. The molecule has 1 aliphatic heterocycles. The van der Waals surface area contributed by atoms with Crippen molar-refractivity contribution in [2.75, 3.05) is 23.3 Å². The topological polar surface area (TPSA) is 109 Å². The van der Waals surface area contributed by atoms with E-state index in [1.54, 1.807) is 16.9 Å². The van der Waals surface area contributed by atoms with E-state index in [0.717, 1.165) is 18.9 Å². The van der Waals surface area contributed by atoms with Crippen molar-refractivity contribution in [1.29, 1.82) is 0 Å². The lowest BCUT2D eigenvalue weighted by Crippen LogP contribution is -2.30. The Morgan fingerprint density at radius 1 is 1.10 bits per heavy atom. The zero-order chi connectivity index (χ0) is 20.2. The largest absolute Gasteiger partial charge is 0.357 e. The number of nitrogens with zero attached hydrogens (tertiary/aromatic N) is 5. The van der Waals surface area contributed by atoms with Crippen LogP contribution in [0.4, 0.5) is 11.5 Å². The van der Waals surface area contributed by atoms with Gasteiger partial charge in [0.1, 0.15) is 5.82 Å². The van der Waals surface area contributed by atoms with Crippen LogP contribution in [0, 0.1) is 0 Å². The summed E-state index contributed by atoms with van der Waals surface area (Å²) in [6, 6.07) is 6.75. The zero-order valence-electron chi connectivity index (χ0n) is 16.3. The summed E-state index contributed by atoms with van der Waals surface area (Å²) in [6.45, 7) is 3.98. The van der Waals surface area contributed by atoms with Crippen molar-refractivity contribution >= 4 is 17.4 Å². The van der Waals surface area contributed by atoms with Crippen LogP contribution in [-0.2, 0) is 6.42 Å². The summed E-state index contributed by atoms with van der Waals surface area (Å²) in [6.07, 6.45) is 7.42. The van der Waals surface area contributed by atoms with Crippen molar-refractivity contribution in [3.05, 3.63) is 58.3 Å². The fourth-order valence-electron chi connectivity index (χ4n) is 3.52. The Morgan fingerprint density at radius 3 is 2.55 bits per heavy atom. The third kappa shape index (κ3) is 4.03. The molecule has 9 nitrogen and oxygen atoms in total. The van der Waals surface area contributed by atoms with Gasteiger partial charge in [0.05, 0.1) is 29.3 Å². The predicted octanol–water partition coefficient (Wildman–Crippen LogP) is 2.16. The van der Waals surface area contributed by atoms with Gasteiger partial charge in [0.15, 0.2) is 5.82 Å². The summed E-state index contributed by atoms with van der Waals surface area (Å²) < 4.78 is 1.56. The van der Waals surface area contributed by atoms with E-state index < -0.39 is 0 Å². The van der Waals surface area contributed by atoms with Crippen molar-refractivity contribution in [3.8, 4) is 5.82 Å². The molecule has 3 aromatic rings. The zero-order valence-corrected chi connectivity index (χ0v) is 16.3. The molecule has 4 heterocycles. The Hall–Kier alpha value is -3.49. The average Bonchev–Trinajstić information content (AvgIpc) is 3.20. The minimum absolute atomic E-state index is 0.259. The van der Waals surface area contributed by atoms with E-state index in [0.29, 0.717) is 29.2 Å². The van der Waals surface area contributed by atoms with E-state index in [4.69, 9.17) is 0 Å². The molecular formula is C20H23N7O2. The van der Waals surface area contributed by atoms with Crippen LogP contribution < -0.4 is 15.8 Å². The third-order valence-electron chi connectivity index (χ3n) is 5.02. The number of hydrogen-bond acceptors (Lipinski definition) is 6. The van der Waals surface area contributed by atoms with Crippen LogP contribution in [0.15, 0.2) is 41.5 Å². The van der Waals surface area contributed by atoms with Crippen LogP contribution in [-0.4, -0.2) is 44.0 Å². The number of aromatic amines is 1. The molecule has 3 aromatic heterocycles. The van der Waals surface area contributed by atoms with E-state index in [-0.39, 0.29) is 11.5 Å². The normalized spacial score (nSPS) is 14.0. The first-order valence-electron chi connectivity index (χ1n) is 9.81. The maximum absolute atomic E-state index is 12.8. The van der Waals surface area contributed by atoms with E-state index in [2.05, 4.69) is 30.5 Å². The van der Waals surface area contributed by atoms with Gasteiger partial charge in [0.2, 0.25) is 0 Å². The Bertz CT molecular complexity index is 1030. The number of H-pyrrole nitrogens is 1. The number of nitrogens with one attached hydrogen (secondary N) is 2. The van der Waals surface area contributed by atoms with Crippen LogP contribution in [0.25, 0.3) is 5.82 Å². The fourth-order valence-corrected chi connectivity index (χ4v) is 3.52. The van der Waals surface area contributed by atoms with Crippen LogP contribution in [0.1, 0.15) is 42.2 Å². The van der Waals surface area contributed by atoms with Crippen molar-refractivity contribution in [2.24, 2.45) is 0 Å². The number of anilines is 2. The lowest BCUT2D eigenvalue weighted by molar-refractivity contribution is 0.102. The maximum Gasteiger partial charge on any atom is 0.264 e. The molecule has 1 saturated heterocycles. The van der Waals surface area contributed by atoms with Gasteiger partial charge >= 0.3 is 0 Å². The summed E-state index contributed by atoms with van der Waals surface area (Å²) in [5.41, 5.74) is 1.51. The quantitative estimate of drug-likeness (QED) is 0.688. The summed E-state index contributed by atoms with van der Waals surface area (Å²) in [4.78, 5) is 30.8. The fraction of sp³-hybridized carbons (Fsp3) is 0.350. The lowest BCUT2D eigenvalue weighted by Gasteiger charge is -2.27. The minimum atomic E-state index is -0.294. The summed E-state index contributed by atoms with van der Waals surface area (Å²) >= 11 is 0. The molecule has 1 fully saturated rings. The Labute approximate surface area is 167 Å².